The van der Waals surface area contributed by atoms with Crippen LogP contribution in [-0.4, -0.2) is 35.4 Å². The number of carboxylic acids is 1. The van der Waals surface area contributed by atoms with Crippen molar-refractivity contribution in [2.75, 3.05) is 6.54 Å². The highest BCUT2D eigenvalue weighted by atomic mass is 35.5. The lowest BCUT2D eigenvalue weighted by Crippen LogP contribution is -2.28. The van der Waals surface area contributed by atoms with Gasteiger partial charge in [-0.3, -0.25) is 14.4 Å². The molecule has 1 aliphatic rings. The van der Waals surface area contributed by atoms with Gasteiger partial charge in [-0.25, -0.2) is 4.39 Å². The maximum atomic E-state index is 14.5. The number of carbonyl (C=O) groups excluding carboxylic acids is 2. The van der Waals surface area contributed by atoms with Crippen molar-refractivity contribution < 1.29 is 33.0 Å². The van der Waals surface area contributed by atoms with Crippen LogP contribution < -0.4 is 10.1 Å². The third-order valence-electron chi connectivity index (χ3n) is 5.64. The summed E-state index contributed by atoms with van der Waals surface area (Å²) in [5, 5.41) is 12.2. The van der Waals surface area contributed by atoms with Gasteiger partial charge in [0.2, 0.25) is 5.82 Å². The van der Waals surface area contributed by atoms with E-state index in [4.69, 9.17) is 21.4 Å². The maximum absolute atomic E-state index is 14.5. The summed E-state index contributed by atoms with van der Waals surface area (Å²) in [6.07, 6.45) is 1.46. The number of benzene rings is 2. The van der Waals surface area contributed by atoms with Crippen molar-refractivity contribution in [3.63, 3.8) is 0 Å². The first-order chi connectivity index (χ1) is 15.8. The molecule has 2 N–H and O–H groups in total. The van der Waals surface area contributed by atoms with Crippen LogP contribution in [0, 0.1) is 17.6 Å². The Hall–Kier alpha value is -3.00. The number of hydrogen-bond acceptors (Lipinski definition) is 4. The van der Waals surface area contributed by atoms with Crippen LogP contribution >= 0.6 is 11.6 Å². The van der Waals surface area contributed by atoms with Crippen LogP contribution in [0.1, 0.15) is 59.2 Å². The van der Waals surface area contributed by atoms with E-state index in [1.165, 1.54) is 12.1 Å². The summed E-state index contributed by atoms with van der Waals surface area (Å²) in [5.74, 6) is -5.02. The first kappa shape index (κ1) is 24.6. The van der Waals surface area contributed by atoms with Gasteiger partial charge in [0, 0.05) is 23.6 Å². The number of carbonyl (C=O) groups is 3. The van der Waals surface area contributed by atoms with Gasteiger partial charge in [-0.15, -0.1) is 0 Å². The van der Waals surface area contributed by atoms with Crippen molar-refractivity contribution in [2.45, 2.75) is 44.6 Å². The molecule has 33 heavy (non-hydrogen) atoms. The molecule has 0 spiro atoms. The maximum Gasteiger partial charge on any atom is 0.306 e. The number of halogens is 3. The predicted octanol–water partition coefficient (Wildman–Crippen LogP) is 5.03. The molecule has 6 nitrogen and oxygen atoms in total. The van der Waals surface area contributed by atoms with Gasteiger partial charge in [0.25, 0.3) is 5.91 Å². The van der Waals surface area contributed by atoms with Crippen LogP contribution in [0.25, 0.3) is 0 Å². The zero-order valence-corrected chi connectivity index (χ0v) is 18.5. The van der Waals surface area contributed by atoms with Gasteiger partial charge >= 0.3 is 5.97 Å². The second-order valence-electron chi connectivity index (χ2n) is 7.96. The van der Waals surface area contributed by atoms with E-state index in [9.17, 15) is 23.2 Å². The molecule has 176 valence electrons. The van der Waals surface area contributed by atoms with Gasteiger partial charge < -0.3 is 15.2 Å². The van der Waals surface area contributed by atoms with E-state index in [1.54, 1.807) is 24.3 Å². The molecule has 0 heterocycles. The average molecular weight is 480 g/mol. The number of hydrogen-bond donors (Lipinski definition) is 2. The number of aliphatic carboxylic acids is 1. The van der Waals surface area contributed by atoms with E-state index in [2.05, 4.69) is 5.32 Å². The Morgan fingerprint density at radius 2 is 1.67 bits per heavy atom. The van der Waals surface area contributed by atoms with Gasteiger partial charge in [0.15, 0.2) is 17.3 Å². The molecule has 1 saturated carbocycles. The highest BCUT2D eigenvalue weighted by Gasteiger charge is 2.28. The number of rotatable bonds is 9. The van der Waals surface area contributed by atoms with Crippen LogP contribution in [0.2, 0.25) is 5.02 Å². The van der Waals surface area contributed by atoms with Crippen LogP contribution in [0.3, 0.4) is 0 Å². The van der Waals surface area contributed by atoms with Gasteiger partial charge in [0.05, 0.1) is 17.6 Å². The molecule has 0 unspecified atom stereocenters. The third-order valence-corrected chi connectivity index (χ3v) is 5.89. The molecular formula is C24H24ClF2NO5. The summed E-state index contributed by atoms with van der Waals surface area (Å²) in [4.78, 5) is 35.4. The smallest absolute Gasteiger partial charge is 0.306 e. The Bertz CT molecular complexity index is 1020. The van der Waals surface area contributed by atoms with Gasteiger partial charge in [0.1, 0.15) is 0 Å². The SMILES string of the molecule is O=C(NCCCC(=O)c1ccc(OC2CCC(C(=O)O)CC2)c(F)c1F)c1ccc(Cl)cc1. The topological polar surface area (TPSA) is 92.7 Å². The summed E-state index contributed by atoms with van der Waals surface area (Å²) in [6.45, 7) is 0.192. The largest absolute Gasteiger partial charge is 0.487 e. The normalized spacial score (nSPS) is 17.9. The van der Waals surface area contributed by atoms with Crippen LogP contribution in [-0.2, 0) is 4.79 Å². The molecule has 0 aliphatic heterocycles. The molecule has 3 rings (SSSR count). The number of nitrogens with one attached hydrogen (secondary N) is 1. The monoisotopic (exact) mass is 479 g/mol. The lowest BCUT2D eigenvalue weighted by atomic mass is 9.87. The van der Waals surface area contributed by atoms with Gasteiger partial charge in [-0.1, -0.05) is 11.6 Å². The second-order valence-corrected chi connectivity index (χ2v) is 8.39. The summed E-state index contributed by atoms with van der Waals surface area (Å²) in [5.41, 5.74) is 0.0457. The molecule has 1 amide bonds. The number of carboxylic acid groups (broad SMARTS) is 1. The zero-order valence-electron chi connectivity index (χ0n) is 17.8. The number of Topliss-reactive ketones (excluding diaryl/α,β-unsaturated/α-hetero) is 1. The summed E-state index contributed by atoms with van der Waals surface area (Å²) in [7, 11) is 0. The number of ketones is 1. The van der Waals surface area contributed by atoms with Gasteiger partial charge in [-0.05, 0) is 68.5 Å². The van der Waals surface area contributed by atoms with Crippen LogP contribution in [0.5, 0.6) is 5.75 Å². The van der Waals surface area contributed by atoms with Crippen molar-refractivity contribution in [1.82, 2.24) is 5.32 Å². The van der Waals surface area contributed by atoms with E-state index in [-0.39, 0.29) is 36.6 Å². The predicted molar refractivity (Wildman–Crippen MR) is 118 cm³/mol. The lowest BCUT2D eigenvalue weighted by Gasteiger charge is -2.27. The molecule has 2 aromatic carbocycles. The molecule has 0 saturated heterocycles. The first-order valence-electron chi connectivity index (χ1n) is 10.7. The van der Waals surface area contributed by atoms with Crippen molar-refractivity contribution in [2.24, 2.45) is 5.92 Å². The van der Waals surface area contributed by atoms with Crippen molar-refractivity contribution in [3.05, 3.63) is 64.2 Å². The second kappa shape index (κ2) is 11.2. The van der Waals surface area contributed by atoms with E-state index in [0.717, 1.165) is 0 Å². The fourth-order valence-electron chi connectivity index (χ4n) is 3.73. The molecule has 0 radical (unpaired) electrons. The minimum Gasteiger partial charge on any atom is -0.487 e. The van der Waals surface area contributed by atoms with E-state index < -0.39 is 35.4 Å². The lowest BCUT2D eigenvalue weighted by molar-refractivity contribution is -0.143. The Morgan fingerprint density at radius 3 is 2.30 bits per heavy atom. The van der Waals surface area contributed by atoms with Crippen LogP contribution in [0.4, 0.5) is 8.78 Å². The van der Waals surface area contributed by atoms with Crippen LogP contribution in [0.15, 0.2) is 36.4 Å². The van der Waals surface area contributed by atoms with E-state index in [0.29, 0.717) is 36.3 Å². The Balaban J connectivity index is 1.49. The summed E-state index contributed by atoms with van der Waals surface area (Å²) < 4.78 is 34.5. The van der Waals surface area contributed by atoms with E-state index >= 15 is 0 Å². The van der Waals surface area contributed by atoms with Crippen molar-refractivity contribution in [1.29, 1.82) is 0 Å². The Kier molecular flexibility index (Phi) is 8.38. The highest BCUT2D eigenvalue weighted by Crippen LogP contribution is 2.30. The molecule has 1 fully saturated rings. The highest BCUT2D eigenvalue weighted by molar-refractivity contribution is 6.30. The standard InChI is InChI=1S/C24H24ClF2NO5/c25-16-7-3-14(4-8-16)23(30)28-13-1-2-19(29)18-11-12-20(22(27)21(18)26)33-17-9-5-15(6-10-17)24(31)32/h3-4,7-8,11-12,15,17H,1-2,5-6,9-10,13H2,(H,28,30)(H,31,32). The first-order valence-corrected chi connectivity index (χ1v) is 11.1. The number of amides is 1. The van der Waals surface area contributed by atoms with Crippen molar-refractivity contribution in [3.8, 4) is 5.75 Å². The fraction of sp³-hybridized carbons (Fsp3) is 0.375. The van der Waals surface area contributed by atoms with Crippen molar-refractivity contribution >= 4 is 29.3 Å². The quantitative estimate of drug-likeness (QED) is 0.388. The Labute approximate surface area is 194 Å². The molecule has 0 bridgehead atoms. The summed E-state index contributed by atoms with van der Waals surface area (Å²) in [6, 6.07) is 8.73. The minimum absolute atomic E-state index is 0.0728. The minimum atomic E-state index is -1.28. The number of ether oxygens (including phenoxy) is 1. The molecule has 0 aromatic heterocycles. The molecule has 2 aromatic rings. The van der Waals surface area contributed by atoms with Gasteiger partial charge in [-0.2, -0.15) is 4.39 Å². The Morgan fingerprint density at radius 1 is 1.00 bits per heavy atom. The molecule has 9 heteroatoms. The van der Waals surface area contributed by atoms with E-state index in [1.807, 2.05) is 0 Å². The molecule has 0 atom stereocenters. The molecule has 1 aliphatic carbocycles. The fourth-order valence-corrected chi connectivity index (χ4v) is 3.86. The summed E-state index contributed by atoms with van der Waals surface area (Å²) >= 11 is 5.78. The molecular weight excluding hydrogens is 456 g/mol. The third kappa shape index (κ3) is 6.51. The average Bonchev–Trinajstić information content (AvgIpc) is 2.80. The zero-order chi connectivity index (χ0) is 24.0.